The summed E-state index contributed by atoms with van der Waals surface area (Å²) in [5, 5.41) is 10.4. The van der Waals surface area contributed by atoms with Crippen LogP contribution in [-0.4, -0.2) is 17.2 Å². The Bertz CT molecular complexity index is 3500. The average Bonchev–Trinajstić information content (AvgIpc) is 3.89. The van der Waals surface area contributed by atoms with E-state index in [-0.39, 0.29) is 0 Å². The van der Waals surface area contributed by atoms with Gasteiger partial charge in [0.2, 0.25) is 0 Å². The third kappa shape index (κ3) is 5.85. The molecule has 0 N–H and O–H groups in total. The van der Waals surface area contributed by atoms with Gasteiger partial charge in [-0.2, -0.15) is 0 Å². The van der Waals surface area contributed by atoms with E-state index in [1.807, 2.05) is 0 Å². The first-order chi connectivity index (χ1) is 31.3. The topological polar surface area (TPSA) is 9.86 Å². The maximum absolute atomic E-state index is 2.94. The maximum Gasteiger partial charge on any atom is 0.181 e. The highest BCUT2D eigenvalue weighted by molar-refractivity contribution is 7.20. The molecule has 12 rings (SSSR count). The van der Waals surface area contributed by atoms with Gasteiger partial charge in [-0.1, -0.05) is 212 Å². The number of benzene rings is 10. The molecule has 0 saturated heterocycles. The summed E-state index contributed by atoms with van der Waals surface area (Å²) in [6.07, 6.45) is 0. The van der Waals surface area contributed by atoms with Crippen LogP contribution in [0.1, 0.15) is 0 Å². The zero-order chi connectivity index (χ0) is 41.7. The third-order valence-corrected chi connectivity index (χ3v) is 17.9. The highest BCUT2D eigenvalue weighted by Gasteiger charge is 2.43. The Morgan fingerprint density at radius 2 is 0.778 bits per heavy atom. The molecule has 3 heteroatoms. The molecule has 63 heavy (non-hydrogen) atoms. The van der Waals surface area contributed by atoms with Gasteiger partial charge in [-0.15, -0.1) is 0 Å². The summed E-state index contributed by atoms with van der Waals surface area (Å²) in [6.45, 7) is 0. The Morgan fingerprint density at radius 3 is 1.44 bits per heavy atom. The van der Waals surface area contributed by atoms with Crippen LogP contribution in [0.15, 0.2) is 255 Å². The Kier molecular flexibility index (Phi) is 8.87. The molecule has 12 aromatic rings. The van der Waals surface area contributed by atoms with Crippen LogP contribution >= 0.6 is 0 Å². The zero-order valence-electron chi connectivity index (χ0n) is 34.6. The monoisotopic (exact) mass is 818 g/mol. The number of rotatable bonds is 8. The summed E-state index contributed by atoms with van der Waals surface area (Å²) in [7, 11) is -2.94. The number of fused-ring (bicyclic) bond motifs is 6. The van der Waals surface area contributed by atoms with E-state index in [4.69, 9.17) is 0 Å². The molecule has 2 heterocycles. The van der Waals surface area contributed by atoms with Gasteiger partial charge in [-0.05, 0) is 85.5 Å². The van der Waals surface area contributed by atoms with E-state index in [1.54, 1.807) is 0 Å². The van der Waals surface area contributed by atoms with Gasteiger partial charge in [0.15, 0.2) is 8.07 Å². The number of aromatic nitrogens is 2. The Hall–Kier alpha value is -7.98. The van der Waals surface area contributed by atoms with Crippen molar-refractivity contribution in [2.24, 2.45) is 0 Å². The van der Waals surface area contributed by atoms with E-state index in [1.165, 1.54) is 86.6 Å². The van der Waals surface area contributed by atoms with Crippen molar-refractivity contribution in [1.82, 2.24) is 9.13 Å². The van der Waals surface area contributed by atoms with Gasteiger partial charge >= 0.3 is 0 Å². The third-order valence-electron chi connectivity index (χ3n) is 13.0. The van der Waals surface area contributed by atoms with Crippen LogP contribution in [0.2, 0.25) is 0 Å². The van der Waals surface area contributed by atoms with Crippen molar-refractivity contribution in [3.05, 3.63) is 255 Å². The van der Waals surface area contributed by atoms with E-state index in [0.717, 1.165) is 11.4 Å². The van der Waals surface area contributed by atoms with E-state index < -0.39 is 8.07 Å². The number of nitrogens with zero attached hydrogens (tertiary/aromatic N) is 2. The van der Waals surface area contributed by atoms with Crippen LogP contribution in [0.3, 0.4) is 0 Å². The fourth-order valence-electron chi connectivity index (χ4n) is 10.4. The van der Waals surface area contributed by atoms with E-state index in [2.05, 4.69) is 264 Å². The molecule has 296 valence electrons. The molecule has 0 radical (unpaired) electrons. The Labute approximate surface area is 368 Å². The lowest BCUT2D eigenvalue weighted by molar-refractivity contribution is 1.17. The Morgan fingerprint density at radius 1 is 0.286 bits per heavy atom. The lowest BCUT2D eigenvalue weighted by Gasteiger charge is -2.35. The maximum atomic E-state index is 2.57. The average molecular weight is 819 g/mol. The quantitative estimate of drug-likeness (QED) is 0.107. The number of para-hydroxylation sites is 2. The molecule has 0 unspecified atom stereocenters. The van der Waals surface area contributed by atoms with Gasteiger partial charge in [-0.3, -0.25) is 0 Å². The van der Waals surface area contributed by atoms with E-state index >= 15 is 0 Å². The molecule has 0 amide bonds. The second-order valence-electron chi connectivity index (χ2n) is 16.4. The fraction of sp³-hybridized carbons (Fsp3) is 0. The van der Waals surface area contributed by atoms with Gasteiger partial charge in [0.05, 0.1) is 22.1 Å². The minimum atomic E-state index is -2.94. The van der Waals surface area contributed by atoms with Crippen molar-refractivity contribution in [1.29, 1.82) is 0 Å². The molecule has 0 atom stereocenters. The van der Waals surface area contributed by atoms with Crippen LogP contribution in [0.5, 0.6) is 0 Å². The second-order valence-corrected chi connectivity index (χ2v) is 20.2. The van der Waals surface area contributed by atoms with Crippen molar-refractivity contribution in [3.8, 4) is 33.6 Å². The first-order valence-corrected chi connectivity index (χ1v) is 23.8. The predicted octanol–water partition coefficient (Wildman–Crippen LogP) is 12.6. The van der Waals surface area contributed by atoms with Crippen molar-refractivity contribution in [2.45, 2.75) is 0 Å². The molecule has 0 aliphatic heterocycles. The van der Waals surface area contributed by atoms with E-state index in [9.17, 15) is 0 Å². The molecule has 2 nitrogen and oxygen atoms in total. The molecule has 2 aromatic heterocycles. The SMILES string of the molecule is c1ccc(-c2cccc(-n3c4ccc(-n5c6ccccc6c6cccc([Si](c7ccccc7)(c7ccccc7)c7ccccc7)c65)cc4c4c(-c5ccccc5)cccc43)c2)cc1. The van der Waals surface area contributed by atoms with Crippen LogP contribution in [0.4, 0.5) is 0 Å². The van der Waals surface area contributed by atoms with Gasteiger partial charge in [-0.25, -0.2) is 0 Å². The van der Waals surface area contributed by atoms with Crippen LogP contribution < -0.4 is 20.7 Å². The summed E-state index contributed by atoms with van der Waals surface area (Å²) < 4.78 is 5.03. The highest BCUT2D eigenvalue weighted by Crippen LogP contribution is 2.41. The lowest BCUT2D eigenvalue weighted by atomic mass is 9.99. The predicted molar refractivity (Wildman–Crippen MR) is 270 cm³/mol. The largest absolute Gasteiger partial charge is 0.309 e. The van der Waals surface area contributed by atoms with Crippen molar-refractivity contribution < 1.29 is 0 Å². The molecule has 0 fully saturated rings. The molecule has 10 aromatic carbocycles. The minimum absolute atomic E-state index is 1.14. The molecule has 0 spiro atoms. The smallest absolute Gasteiger partial charge is 0.181 e. The lowest BCUT2D eigenvalue weighted by Crippen LogP contribution is -2.75. The normalized spacial score (nSPS) is 11.8. The summed E-state index contributed by atoms with van der Waals surface area (Å²) >= 11 is 0. The molecule has 0 aliphatic carbocycles. The van der Waals surface area contributed by atoms with Gasteiger partial charge < -0.3 is 9.13 Å². The number of hydrogen-bond donors (Lipinski definition) is 0. The number of hydrogen-bond acceptors (Lipinski definition) is 0. The summed E-state index contributed by atoms with van der Waals surface area (Å²) in [4.78, 5) is 0. The summed E-state index contributed by atoms with van der Waals surface area (Å²) in [5.74, 6) is 0. The van der Waals surface area contributed by atoms with Crippen molar-refractivity contribution >= 4 is 72.4 Å². The standard InChI is InChI=1S/C60H42N2Si/c1-6-21-43(22-7-1)45-25-18-26-46(41-45)61-56-40-39-47(42-54(56)59-51(34-19-37-57(59)61)44-23-8-2-9-24-44)62-55-36-17-16-33-52(55)53-35-20-38-58(60(53)62)63(48-27-10-3-11-28-48,49-29-12-4-13-30-49)50-31-14-5-15-32-50/h1-42H. The summed E-state index contributed by atoms with van der Waals surface area (Å²) in [6, 6.07) is 94.3. The van der Waals surface area contributed by atoms with Gasteiger partial charge in [0, 0.05) is 32.9 Å². The molecule has 0 bridgehead atoms. The molecule has 0 aliphatic rings. The zero-order valence-corrected chi connectivity index (χ0v) is 35.6. The van der Waals surface area contributed by atoms with Crippen molar-refractivity contribution in [2.75, 3.05) is 0 Å². The van der Waals surface area contributed by atoms with Crippen LogP contribution in [0.25, 0.3) is 77.2 Å². The first-order valence-electron chi connectivity index (χ1n) is 21.8. The summed E-state index contributed by atoms with van der Waals surface area (Å²) in [5.41, 5.74) is 11.9. The van der Waals surface area contributed by atoms with Gasteiger partial charge in [0.25, 0.3) is 0 Å². The van der Waals surface area contributed by atoms with Crippen molar-refractivity contribution in [3.63, 3.8) is 0 Å². The molecular formula is C60H42N2Si. The second kappa shape index (κ2) is 15.2. The molecular weight excluding hydrogens is 777 g/mol. The van der Waals surface area contributed by atoms with Crippen LogP contribution in [-0.2, 0) is 0 Å². The molecule has 0 saturated carbocycles. The van der Waals surface area contributed by atoms with E-state index in [0.29, 0.717) is 0 Å². The minimum Gasteiger partial charge on any atom is -0.309 e. The van der Waals surface area contributed by atoms with Crippen LogP contribution in [0, 0.1) is 0 Å². The van der Waals surface area contributed by atoms with Gasteiger partial charge in [0.1, 0.15) is 0 Å². The highest BCUT2D eigenvalue weighted by atomic mass is 28.3. The Balaban J connectivity index is 1.20. The first kappa shape index (κ1) is 36.8. The fourth-order valence-corrected chi connectivity index (χ4v) is 15.4.